The van der Waals surface area contributed by atoms with Gasteiger partial charge in [-0.15, -0.1) is 0 Å². The molecule has 0 aliphatic rings. The van der Waals surface area contributed by atoms with Gasteiger partial charge in [0, 0.05) is 6.42 Å². The Labute approximate surface area is 118 Å². The molecule has 1 heterocycles. The molecule has 106 valence electrons. The molecule has 1 aromatic carbocycles. The predicted octanol–water partition coefficient (Wildman–Crippen LogP) is 2.75. The van der Waals surface area contributed by atoms with E-state index in [4.69, 9.17) is 4.74 Å². The van der Waals surface area contributed by atoms with Crippen LogP contribution in [-0.4, -0.2) is 20.7 Å². The topological polar surface area (TPSA) is 57.0 Å². The van der Waals surface area contributed by atoms with Gasteiger partial charge in [-0.25, -0.2) is 9.67 Å². The van der Waals surface area contributed by atoms with E-state index in [1.807, 2.05) is 30.3 Å². The van der Waals surface area contributed by atoms with Crippen molar-refractivity contribution in [2.75, 3.05) is 0 Å². The van der Waals surface area contributed by atoms with Crippen LogP contribution in [0.1, 0.15) is 37.9 Å². The van der Waals surface area contributed by atoms with Gasteiger partial charge in [0.05, 0.1) is 6.54 Å². The van der Waals surface area contributed by atoms with Gasteiger partial charge in [-0.05, 0) is 12.0 Å². The zero-order valence-electron chi connectivity index (χ0n) is 11.6. The molecular formula is C15H19N3O2. The van der Waals surface area contributed by atoms with Crippen LogP contribution in [0.15, 0.2) is 43.0 Å². The number of carbonyl (C=O) groups excluding carboxylic acids is 1. The molecule has 2 aromatic rings. The molecule has 2 rings (SSSR count). The lowest BCUT2D eigenvalue weighted by molar-refractivity contribution is -0.150. The molecule has 1 aromatic heterocycles. The van der Waals surface area contributed by atoms with E-state index in [2.05, 4.69) is 17.0 Å². The summed E-state index contributed by atoms with van der Waals surface area (Å²) in [6.07, 6.45) is 5.05. The summed E-state index contributed by atoms with van der Waals surface area (Å²) >= 11 is 0. The molecule has 5 nitrogen and oxygen atoms in total. The van der Waals surface area contributed by atoms with Crippen molar-refractivity contribution in [1.29, 1.82) is 0 Å². The molecule has 20 heavy (non-hydrogen) atoms. The van der Waals surface area contributed by atoms with Crippen LogP contribution in [0.2, 0.25) is 0 Å². The highest BCUT2D eigenvalue weighted by molar-refractivity contribution is 5.69. The molecule has 0 spiro atoms. The predicted molar refractivity (Wildman–Crippen MR) is 74.8 cm³/mol. The van der Waals surface area contributed by atoms with Gasteiger partial charge in [0.1, 0.15) is 18.8 Å². The maximum Gasteiger partial charge on any atom is 0.306 e. The largest absolute Gasteiger partial charge is 0.455 e. The average Bonchev–Trinajstić information content (AvgIpc) is 2.98. The second kappa shape index (κ2) is 7.43. The lowest BCUT2D eigenvalue weighted by Crippen LogP contribution is -2.17. The Hall–Kier alpha value is -2.17. The first-order valence-electron chi connectivity index (χ1n) is 6.86. The van der Waals surface area contributed by atoms with Crippen LogP contribution in [0.4, 0.5) is 0 Å². The fourth-order valence-corrected chi connectivity index (χ4v) is 1.91. The molecular weight excluding hydrogens is 254 g/mol. The first-order valence-corrected chi connectivity index (χ1v) is 6.86. The third kappa shape index (κ3) is 4.19. The summed E-state index contributed by atoms with van der Waals surface area (Å²) < 4.78 is 7.26. The summed E-state index contributed by atoms with van der Waals surface area (Å²) in [4.78, 5) is 15.8. The molecule has 0 aliphatic heterocycles. The molecule has 0 aliphatic carbocycles. The second-order valence-corrected chi connectivity index (χ2v) is 4.61. The second-order valence-electron chi connectivity index (χ2n) is 4.61. The number of hydrogen-bond acceptors (Lipinski definition) is 4. The maximum absolute atomic E-state index is 11.8. The number of rotatable bonds is 7. The van der Waals surface area contributed by atoms with Crippen LogP contribution in [0, 0.1) is 0 Å². The number of carbonyl (C=O) groups is 1. The van der Waals surface area contributed by atoms with Crippen LogP contribution in [0.5, 0.6) is 0 Å². The summed E-state index contributed by atoms with van der Waals surface area (Å²) in [6.45, 7) is 2.53. The third-order valence-electron chi connectivity index (χ3n) is 3.00. The summed E-state index contributed by atoms with van der Waals surface area (Å²) in [6, 6.07) is 9.71. The number of aromatic nitrogens is 3. The summed E-state index contributed by atoms with van der Waals surface area (Å²) in [5.74, 6) is -0.166. The van der Waals surface area contributed by atoms with Crippen LogP contribution < -0.4 is 0 Å². The van der Waals surface area contributed by atoms with E-state index >= 15 is 0 Å². The molecule has 0 bridgehead atoms. The van der Waals surface area contributed by atoms with Crippen molar-refractivity contribution >= 4 is 5.97 Å². The normalized spacial score (nSPS) is 12.1. The quantitative estimate of drug-likeness (QED) is 0.728. The van der Waals surface area contributed by atoms with Crippen molar-refractivity contribution in [3.05, 3.63) is 48.5 Å². The maximum atomic E-state index is 11.8. The van der Waals surface area contributed by atoms with Crippen LogP contribution in [0.3, 0.4) is 0 Å². The van der Waals surface area contributed by atoms with Crippen LogP contribution in [-0.2, 0) is 16.1 Å². The molecule has 0 N–H and O–H groups in total. The minimum Gasteiger partial charge on any atom is -0.455 e. The van der Waals surface area contributed by atoms with Crippen LogP contribution in [0.25, 0.3) is 0 Å². The van der Waals surface area contributed by atoms with Crippen molar-refractivity contribution in [3.63, 3.8) is 0 Å². The number of unbranched alkanes of at least 4 members (excludes halogenated alkanes) is 1. The van der Waals surface area contributed by atoms with E-state index in [0.29, 0.717) is 13.0 Å². The lowest BCUT2D eigenvalue weighted by Gasteiger charge is -2.18. The third-order valence-corrected chi connectivity index (χ3v) is 3.00. The fraction of sp³-hybridized carbons (Fsp3) is 0.400. The SMILES string of the molecule is CCCCC(=O)OC(Cn1cncn1)c1ccccc1. The Morgan fingerprint density at radius 3 is 2.80 bits per heavy atom. The Balaban J connectivity index is 2.06. The van der Waals surface area contributed by atoms with Gasteiger partial charge in [0.2, 0.25) is 0 Å². The standard InChI is InChI=1S/C15H19N3O2/c1-2-3-9-15(19)20-14(10-18-12-16-11-17-18)13-7-5-4-6-8-13/h4-8,11-12,14H,2-3,9-10H2,1H3. The first-order chi connectivity index (χ1) is 9.79. The minimum atomic E-state index is -0.331. The van der Waals surface area contributed by atoms with E-state index < -0.39 is 0 Å². The smallest absolute Gasteiger partial charge is 0.306 e. The molecule has 0 amide bonds. The molecule has 0 saturated carbocycles. The van der Waals surface area contributed by atoms with Gasteiger partial charge in [-0.2, -0.15) is 5.10 Å². The Morgan fingerprint density at radius 2 is 2.15 bits per heavy atom. The van der Waals surface area contributed by atoms with Gasteiger partial charge in [0.15, 0.2) is 0 Å². The van der Waals surface area contributed by atoms with Gasteiger partial charge < -0.3 is 4.74 Å². The van der Waals surface area contributed by atoms with Crippen molar-refractivity contribution < 1.29 is 9.53 Å². The number of benzene rings is 1. The summed E-state index contributed by atoms with van der Waals surface area (Å²) in [5, 5.41) is 4.07. The zero-order chi connectivity index (χ0) is 14.2. The highest BCUT2D eigenvalue weighted by Crippen LogP contribution is 2.20. The fourth-order valence-electron chi connectivity index (χ4n) is 1.91. The molecule has 0 fully saturated rings. The summed E-state index contributed by atoms with van der Waals surface area (Å²) in [5.41, 5.74) is 0.966. The van der Waals surface area contributed by atoms with E-state index in [1.54, 1.807) is 11.0 Å². The number of nitrogens with zero attached hydrogens (tertiary/aromatic N) is 3. The Morgan fingerprint density at radius 1 is 1.35 bits per heavy atom. The zero-order valence-corrected chi connectivity index (χ0v) is 11.6. The van der Waals surface area contributed by atoms with Gasteiger partial charge in [-0.3, -0.25) is 4.79 Å². The van der Waals surface area contributed by atoms with Gasteiger partial charge >= 0.3 is 5.97 Å². The molecule has 1 atom stereocenters. The number of hydrogen-bond donors (Lipinski definition) is 0. The van der Waals surface area contributed by atoms with Crippen molar-refractivity contribution in [3.8, 4) is 0 Å². The molecule has 0 saturated heterocycles. The number of ether oxygens (including phenoxy) is 1. The highest BCUT2D eigenvalue weighted by atomic mass is 16.5. The average molecular weight is 273 g/mol. The van der Waals surface area contributed by atoms with Crippen molar-refractivity contribution in [2.24, 2.45) is 0 Å². The van der Waals surface area contributed by atoms with E-state index in [-0.39, 0.29) is 12.1 Å². The van der Waals surface area contributed by atoms with E-state index in [0.717, 1.165) is 18.4 Å². The molecule has 1 unspecified atom stereocenters. The highest BCUT2D eigenvalue weighted by Gasteiger charge is 2.17. The molecule has 5 heteroatoms. The summed E-state index contributed by atoms with van der Waals surface area (Å²) in [7, 11) is 0. The lowest BCUT2D eigenvalue weighted by atomic mass is 10.1. The van der Waals surface area contributed by atoms with Crippen molar-refractivity contribution in [2.45, 2.75) is 38.8 Å². The van der Waals surface area contributed by atoms with Gasteiger partial charge in [-0.1, -0.05) is 43.7 Å². The van der Waals surface area contributed by atoms with Crippen LogP contribution >= 0.6 is 0 Å². The first kappa shape index (κ1) is 14.2. The number of esters is 1. The minimum absolute atomic E-state index is 0.166. The Kier molecular flexibility index (Phi) is 5.29. The van der Waals surface area contributed by atoms with E-state index in [9.17, 15) is 4.79 Å². The molecule has 0 radical (unpaired) electrons. The van der Waals surface area contributed by atoms with Crippen molar-refractivity contribution in [1.82, 2.24) is 14.8 Å². The van der Waals surface area contributed by atoms with Gasteiger partial charge in [0.25, 0.3) is 0 Å². The van der Waals surface area contributed by atoms with E-state index in [1.165, 1.54) is 6.33 Å². The monoisotopic (exact) mass is 273 g/mol. The Bertz CT molecular complexity index is 511.